The van der Waals surface area contributed by atoms with Crippen LogP contribution in [0.4, 0.5) is 0 Å². The number of nitrogens with zero attached hydrogens (tertiary/aromatic N) is 1. The van der Waals surface area contributed by atoms with E-state index in [0.717, 1.165) is 43.4 Å². The Morgan fingerprint density at radius 2 is 2.05 bits per heavy atom. The second-order valence-corrected chi connectivity index (χ2v) is 4.92. The van der Waals surface area contributed by atoms with Crippen LogP contribution in [-0.4, -0.2) is 45.0 Å². The van der Waals surface area contributed by atoms with Gasteiger partial charge in [-0.2, -0.15) is 0 Å². The first-order chi connectivity index (χ1) is 9.29. The van der Waals surface area contributed by atoms with Crippen LogP contribution in [0, 0.1) is 0 Å². The molecule has 5 nitrogen and oxygen atoms in total. The van der Waals surface area contributed by atoms with Gasteiger partial charge in [-0.15, -0.1) is 0 Å². The van der Waals surface area contributed by atoms with E-state index in [0.29, 0.717) is 6.04 Å². The Hall–Kier alpha value is -1.46. The Labute approximate surface area is 113 Å². The molecule has 0 amide bonds. The minimum absolute atomic E-state index is 0.275. The summed E-state index contributed by atoms with van der Waals surface area (Å²) < 4.78 is 16.3. The first-order valence-electron chi connectivity index (χ1n) is 6.72. The molecule has 0 spiro atoms. The number of piperazine rings is 1. The van der Waals surface area contributed by atoms with Crippen LogP contribution >= 0.6 is 0 Å². The molecule has 1 saturated heterocycles. The molecule has 2 aliphatic rings. The number of methoxy groups -OCH3 is 1. The van der Waals surface area contributed by atoms with Gasteiger partial charge in [0.2, 0.25) is 12.5 Å². The average molecular weight is 264 g/mol. The van der Waals surface area contributed by atoms with E-state index < -0.39 is 0 Å². The van der Waals surface area contributed by atoms with Crippen molar-refractivity contribution in [3.8, 4) is 17.2 Å². The number of nitrogens with one attached hydrogen (secondary N) is 1. The molecule has 3 rings (SSSR count). The minimum Gasteiger partial charge on any atom is -0.493 e. The van der Waals surface area contributed by atoms with Gasteiger partial charge in [-0.1, -0.05) is 0 Å². The van der Waals surface area contributed by atoms with Crippen LogP contribution in [0.15, 0.2) is 12.1 Å². The molecule has 104 valence electrons. The molecule has 1 aromatic rings. The molecule has 0 unspecified atom stereocenters. The molecule has 1 N–H and O–H groups in total. The summed E-state index contributed by atoms with van der Waals surface area (Å²) in [6, 6.07) is 4.48. The van der Waals surface area contributed by atoms with Gasteiger partial charge in [0.1, 0.15) is 0 Å². The van der Waals surface area contributed by atoms with Gasteiger partial charge in [-0.3, -0.25) is 4.90 Å². The van der Waals surface area contributed by atoms with E-state index in [4.69, 9.17) is 14.2 Å². The van der Waals surface area contributed by atoms with Crippen molar-refractivity contribution in [2.45, 2.75) is 13.0 Å². The van der Waals surface area contributed by atoms with Crippen LogP contribution < -0.4 is 19.5 Å². The maximum Gasteiger partial charge on any atom is 0.231 e. The second kappa shape index (κ2) is 5.27. The molecule has 1 aromatic carbocycles. The topological polar surface area (TPSA) is 43.0 Å². The Kier molecular flexibility index (Phi) is 3.48. The largest absolute Gasteiger partial charge is 0.493 e. The van der Waals surface area contributed by atoms with Gasteiger partial charge in [-0.25, -0.2) is 0 Å². The highest BCUT2D eigenvalue weighted by molar-refractivity contribution is 5.55. The Morgan fingerprint density at radius 1 is 1.26 bits per heavy atom. The molecular formula is C14H20N2O3. The van der Waals surface area contributed by atoms with Gasteiger partial charge in [0, 0.05) is 32.2 Å². The molecule has 0 radical (unpaired) electrons. The SMILES string of the molecule is COc1cc([C@@H](C)N2CCNCC2)cc2c1OCO2. The molecule has 2 aliphatic heterocycles. The van der Waals surface area contributed by atoms with Crippen LogP contribution in [0.1, 0.15) is 18.5 Å². The number of ether oxygens (including phenoxy) is 3. The van der Waals surface area contributed by atoms with E-state index in [1.807, 2.05) is 0 Å². The Balaban J connectivity index is 1.87. The maximum absolute atomic E-state index is 5.49. The predicted molar refractivity (Wildman–Crippen MR) is 72.0 cm³/mol. The van der Waals surface area contributed by atoms with Crippen molar-refractivity contribution in [3.05, 3.63) is 17.7 Å². The van der Waals surface area contributed by atoms with E-state index in [9.17, 15) is 0 Å². The third kappa shape index (κ3) is 2.35. The van der Waals surface area contributed by atoms with Crippen molar-refractivity contribution in [2.75, 3.05) is 40.1 Å². The summed E-state index contributed by atoms with van der Waals surface area (Å²) in [5.74, 6) is 2.27. The highest BCUT2D eigenvalue weighted by atomic mass is 16.7. The molecule has 0 aromatic heterocycles. The number of rotatable bonds is 3. The second-order valence-electron chi connectivity index (χ2n) is 4.92. The van der Waals surface area contributed by atoms with E-state index in [1.165, 1.54) is 5.56 Å². The van der Waals surface area contributed by atoms with Gasteiger partial charge in [0.05, 0.1) is 7.11 Å². The fourth-order valence-corrected chi connectivity index (χ4v) is 2.67. The van der Waals surface area contributed by atoms with Crippen LogP contribution in [0.5, 0.6) is 17.2 Å². The zero-order valence-electron chi connectivity index (χ0n) is 11.4. The first kappa shape index (κ1) is 12.6. The van der Waals surface area contributed by atoms with Gasteiger partial charge in [0.15, 0.2) is 11.5 Å². The number of hydrogen-bond acceptors (Lipinski definition) is 5. The van der Waals surface area contributed by atoms with Gasteiger partial charge < -0.3 is 19.5 Å². The highest BCUT2D eigenvalue weighted by Gasteiger charge is 2.24. The average Bonchev–Trinajstić information content (AvgIpc) is 2.94. The molecular weight excluding hydrogens is 244 g/mol. The molecule has 5 heteroatoms. The van der Waals surface area contributed by atoms with Gasteiger partial charge in [0.25, 0.3) is 0 Å². The lowest BCUT2D eigenvalue weighted by molar-refractivity contribution is 0.171. The Morgan fingerprint density at radius 3 is 2.79 bits per heavy atom. The van der Waals surface area contributed by atoms with E-state index >= 15 is 0 Å². The summed E-state index contributed by atoms with van der Waals surface area (Å²) in [7, 11) is 1.66. The van der Waals surface area contributed by atoms with Crippen LogP contribution in [0.25, 0.3) is 0 Å². The van der Waals surface area contributed by atoms with E-state index in [1.54, 1.807) is 7.11 Å². The molecule has 0 aliphatic carbocycles. The van der Waals surface area contributed by atoms with Gasteiger partial charge in [-0.05, 0) is 24.6 Å². The minimum atomic E-state index is 0.275. The van der Waals surface area contributed by atoms with E-state index in [-0.39, 0.29) is 6.79 Å². The van der Waals surface area contributed by atoms with Crippen molar-refractivity contribution < 1.29 is 14.2 Å². The summed E-state index contributed by atoms with van der Waals surface area (Å²) >= 11 is 0. The molecule has 0 bridgehead atoms. The third-order valence-electron chi connectivity index (χ3n) is 3.86. The van der Waals surface area contributed by atoms with Crippen molar-refractivity contribution in [2.24, 2.45) is 0 Å². The summed E-state index contributed by atoms with van der Waals surface area (Å²) in [5.41, 5.74) is 1.21. The molecule has 19 heavy (non-hydrogen) atoms. The molecule has 1 fully saturated rings. The van der Waals surface area contributed by atoms with Crippen molar-refractivity contribution in [1.82, 2.24) is 10.2 Å². The molecule has 1 atom stereocenters. The lowest BCUT2D eigenvalue weighted by Crippen LogP contribution is -2.44. The first-order valence-corrected chi connectivity index (χ1v) is 6.72. The fraction of sp³-hybridized carbons (Fsp3) is 0.571. The zero-order valence-corrected chi connectivity index (χ0v) is 11.4. The number of benzene rings is 1. The summed E-state index contributed by atoms with van der Waals surface area (Å²) in [6.07, 6.45) is 0. The molecule has 0 saturated carbocycles. The highest BCUT2D eigenvalue weighted by Crippen LogP contribution is 2.43. The fourth-order valence-electron chi connectivity index (χ4n) is 2.67. The lowest BCUT2D eigenvalue weighted by Gasteiger charge is -2.33. The van der Waals surface area contributed by atoms with Crippen molar-refractivity contribution in [3.63, 3.8) is 0 Å². The van der Waals surface area contributed by atoms with Crippen molar-refractivity contribution >= 4 is 0 Å². The van der Waals surface area contributed by atoms with E-state index in [2.05, 4.69) is 29.3 Å². The normalized spacial score (nSPS) is 20.3. The number of fused-ring (bicyclic) bond motifs is 1. The monoisotopic (exact) mass is 264 g/mol. The summed E-state index contributed by atoms with van der Waals surface area (Å²) in [6.45, 7) is 6.73. The lowest BCUT2D eigenvalue weighted by atomic mass is 10.0. The van der Waals surface area contributed by atoms with Crippen LogP contribution in [0.2, 0.25) is 0 Å². The third-order valence-corrected chi connectivity index (χ3v) is 3.86. The summed E-state index contributed by atoms with van der Waals surface area (Å²) in [4.78, 5) is 2.47. The Bertz CT molecular complexity index is 458. The quantitative estimate of drug-likeness (QED) is 0.893. The van der Waals surface area contributed by atoms with Crippen LogP contribution in [0.3, 0.4) is 0 Å². The predicted octanol–water partition coefficient (Wildman–Crippen LogP) is 1.39. The van der Waals surface area contributed by atoms with Crippen LogP contribution in [-0.2, 0) is 0 Å². The maximum atomic E-state index is 5.49. The smallest absolute Gasteiger partial charge is 0.231 e. The number of hydrogen-bond donors (Lipinski definition) is 1. The zero-order chi connectivity index (χ0) is 13.2. The molecule has 2 heterocycles. The standard InChI is InChI=1S/C14H20N2O3/c1-10(16-5-3-15-4-6-16)11-7-12(17-2)14-13(8-11)18-9-19-14/h7-8,10,15H,3-6,9H2,1-2H3/t10-/m1/s1. The van der Waals surface area contributed by atoms with Crippen molar-refractivity contribution in [1.29, 1.82) is 0 Å². The summed E-state index contributed by atoms with van der Waals surface area (Å²) in [5, 5.41) is 3.37. The van der Waals surface area contributed by atoms with Gasteiger partial charge >= 0.3 is 0 Å².